The maximum absolute atomic E-state index is 5.51. The maximum Gasteiger partial charge on any atom is 0.142 e. The standard InChI is InChI=1S/C23H25N3O/c1-27-23-10-6-5-9-22(23)26-15-13-25(14-16-26)18-21-17-20(11-12-24-21)19-7-3-2-4-8-19/h2-12,17H,13-16,18H2,1H3. The molecule has 0 bridgehead atoms. The minimum atomic E-state index is 0.889. The summed E-state index contributed by atoms with van der Waals surface area (Å²) < 4.78 is 5.51. The highest BCUT2D eigenvalue weighted by Gasteiger charge is 2.19. The lowest BCUT2D eigenvalue weighted by Crippen LogP contribution is -2.46. The minimum absolute atomic E-state index is 0.889. The monoisotopic (exact) mass is 359 g/mol. The van der Waals surface area contributed by atoms with Gasteiger partial charge in [0.15, 0.2) is 0 Å². The van der Waals surface area contributed by atoms with Crippen LogP contribution < -0.4 is 9.64 Å². The zero-order chi connectivity index (χ0) is 18.5. The van der Waals surface area contributed by atoms with Crippen molar-refractivity contribution in [3.8, 4) is 16.9 Å². The first kappa shape index (κ1) is 17.6. The molecule has 0 saturated carbocycles. The molecule has 0 aliphatic carbocycles. The van der Waals surface area contributed by atoms with Gasteiger partial charge in [-0.05, 0) is 35.4 Å². The van der Waals surface area contributed by atoms with Gasteiger partial charge in [0.2, 0.25) is 0 Å². The van der Waals surface area contributed by atoms with Crippen LogP contribution in [0.5, 0.6) is 5.75 Å². The largest absolute Gasteiger partial charge is 0.495 e. The number of ether oxygens (including phenoxy) is 1. The van der Waals surface area contributed by atoms with Crippen LogP contribution in [0.15, 0.2) is 72.9 Å². The van der Waals surface area contributed by atoms with E-state index in [2.05, 4.69) is 63.3 Å². The molecule has 1 aliphatic heterocycles. The van der Waals surface area contributed by atoms with Gasteiger partial charge >= 0.3 is 0 Å². The van der Waals surface area contributed by atoms with Gasteiger partial charge in [-0.25, -0.2) is 0 Å². The lowest BCUT2D eigenvalue weighted by atomic mass is 10.1. The van der Waals surface area contributed by atoms with Crippen LogP contribution in [-0.4, -0.2) is 43.2 Å². The van der Waals surface area contributed by atoms with Crippen LogP contribution in [0.3, 0.4) is 0 Å². The van der Waals surface area contributed by atoms with Gasteiger partial charge in [0.05, 0.1) is 18.5 Å². The third-order valence-electron chi connectivity index (χ3n) is 5.11. The van der Waals surface area contributed by atoms with Crippen LogP contribution in [-0.2, 0) is 6.54 Å². The predicted molar refractivity (Wildman–Crippen MR) is 110 cm³/mol. The van der Waals surface area contributed by atoms with Gasteiger partial charge in [-0.3, -0.25) is 9.88 Å². The number of para-hydroxylation sites is 2. The zero-order valence-corrected chi connectivity index (χ0v) is 15.7. The van der Waals surface area contributed by atoms with E-state index in [4.69, 9.17) is 4.74 Å². The van der Waals surface area contributed by atoms with Crippen LogP contribution >= 0.6 is 0 Å². The molecule has 27 heavy (non-hydrogen) atoms. The van der Waals surface area contributed by atoms with Crippen molar-refractivity contribution in [1.29, 1.82) is 0 Å². The van der Waals surface area contributed by atoms with Crippen molar-refractivity contribution < 1.29 is 4.74 Å². The van der Waals surface area contributed by atoms with Crippen molar-refractivity contribution in [1.82, 2.24) is 9.88 Å². The highest BCUT2D eigenvalue weighted by atomic mass is 16.5. The Bertz CT molecular complexity index is 874. The van der Waals surface area contributed by atoms with Crippen LogP contribution in [0, 0.1) is 0 Å². The molecule has 0 atom stereocenters. The van der Waals surface area contributed by atoms with E-state index in [1.807, 2.05) is 24.4 Å². The van der Waals surface area contributed by atoms with E-state index < -0.39 is 0 Å². The summed E-state index contributed by atoms with van der Waals surface area (Å²) in [7, 11) is 1.74. The molecule has 2 aromatic carbocycles. The van der Waals surface area contributed by atoms with Crippen molar-refractivity contribution in [2.75, 3.05) is 38.2 Å². The Kier molecular flexibility index (Phi) is 5.35. The normalized spacial score (nSPS) is 14.9. The second kappa shape index (κ2) is 8.23. The second-order valence-electron chi connectivity index (χ2n) is 6.84. The number of anilines is 1. The molecule has 0 N–H and O–H groups in total. The number of nitrogens with zero attached hydrogens (tertiary/aromatic N) is 3. The van der Waals surface area contributed by atoms with E-state index in [1.165, 1.54) is 16.8 Å². The number of pyridine rings is 1. The van der Waals surface area contributed by atoms with E-state index >= 15 is 0 Å². The molecule has 4 nitrogen and oxygen atoms in total. The number of methoxy groups -OCH3 is 1. The summed E-state index contributed by atoms with van der Waals surface area (Å²) in [6, 6.07) is 23.0. The molecule has 1 fully saturated rings. The molecule has 1 saturated heterocycles. The quantitative estimate of drug-likeness (QED) is 0.686. The third-order valence-corrected chi connectivity index (χ3v) is 5.11. The number of benzene rings is 2. The first-order chi connectivity index (χ1) is 13.3. The Balaban J connectivity index is 1.40. The van der Waals surface area contributed by atoms with Crippen molar-refractivity contribution in [2.45, 2.75) is 6.54 Å². The van der Waals surface area contributed by atoms with Crippen molar-refractivity contribution in [3.63, 3.8) is 0 Å². The molecule has 2 heterocycles. The first-order valence-corrected chi connectivity index (χ1v) is 9.44. The summed E-state index contributed by atoms with van der Waals surface area (Å²) in [5, 5.41) is 0. The van der Waals surface area contributed by atoms with Gasteiger partial charge in [0, 0.05) is 38.9 Å². The molecule has 0 radical (unpaired) electrons. The van der Waals surface area contributed by atoms with Gasteiger partial charge < -0.3 is 9.64 Å². The molecule has 0 amide bonds. The highest BCUT2D eigenvalue weighted by Crippen LogP contribution is 2.28. The summed E-state index contributed by atoms with van der Waals surface area (Å²) in [6.45, 7) is 4.93. The Morgan fingerprint density at radius 1 is 0.852 bits per heavy atom. The molecular formula is C23H25N3O. The summed E-state index contributed by atoms with van der Waals surface area (Å²) in [5.41, 5.74) is 4.78. The average molecular weight is 359 g/mol. The Morgan fingerprint density at radius 3 is 2.37 bits per heavy atom. The predicted octanol–water partition coefficient (Wildman–Crippen LogP) is 4.08. The van der Waals surface area contributed by atoms with Crippen LogP contribution in [0.2, 0.25) is 0 Å². The number of hydrogen-bond acceptors (Lipinski definition) is 4. The summed E-state index contributed by atoms with van der Waals surface area (Å²) in [4.78, 5) is 9.47. The maximum atomic E-state index is 5.51. The van der Waals surface area contributed by atoms with Gasteiger partial charge in [-0.2, -0.15) is 0 Å². The lowest BCUT2D eigenvalue weighted by Gasteiger charge is -2.36. The molecule has 3 aromatic rings. The topological polar surface area (TPSA) is 28.6 Å². The fourth-order valence-corrected chi connectivity index (χ4v) is 3.64. The SMILES string of the molecule is COc1ccccc1N1CCN(Cc2cc(-c3ccccc3)ccn2)CC1. The van der Waals surface area contributed by atoms with E-state index in [-0.39, 0.29) is 0 Å². The van der Waals surface area contributed by atoms with Crippen LogP contribution in [0.4, 0.5) is 5.69 Å². The second-order valence-corrected chi connectivity index (χ2v) is 6.84. The molecule has 4 heteroatoms. The fourth-order valence-electron chi connectivity index (χ4n) is 3.64. The Hall–Kier alpha value is -2.85. The number of hydrogen-bond donors (Lipinski definition) is 0. The van der Waals surface area contributed by atoms with E-state index in [1.54, 1.807) is 7.11 Å². The number of aromatic nitrogens is 1. The van der Waals surface area contributed by atoms with Crippen LogP contribution in [0.1, 0.15) is 5.69 Å². The first-order valence-electron chi connectivity index (χ1n) is 9.44. The van der Waals surface area contributed by atoms with E-state index in [9.17, 15) is 0 Å². The number of rotatable bonds is 5. The zero-order valence-electron chi connectivity index (χ0n) is 15.7. The molecule has 0 spiro atoms. The molecule has 1 aromatic heterocycles. The van der Waals surface area contributed by atoms with Gasteiger partial charge in [-0.1, -0.05) is 42.5 Å². The summed E-state index contributed by atoms with van der Waals surface area (Å²) >= 11 is 0. The van der Waals surface area contributed by atoms with E-state index in [0.29, 0.717) is 0 Å². The molecule has 0 unspecified atom stereocenters. The van der Waals surface area contributed by atoms with E-state index in [0.717, 1.165) is 44.2 Å². The summed E-state index contributed by atoms with van der Waals surface area (Å²) in [6.07, 6.45) is 1.92. The Morgan fingerprint density at radius 2 is 1.59 bits per heavy atom. The summed E-state index contributed by atoms with van der Waals surface area (Å²) in [5.74, 6) is 0.947. The molecule has 4 rings (SSSR count). The number of piperazine rings is 1. The molecule has 1 aliphatic rings. The molecule has 138 valence electrons. The average Bonchev–Trinajstić information content (AvgIpc) is 2.75. The third kappa shape index (κ3) is 4.12. The van der Waals surface area contributed by atoms with Gasteiger partial charge in [0.1, 0.15) is 5.75 Å². The van der Waals surface area contributed by atoms with Crippen molar-refractivity contribution in [2.24, 2.45) is 0 Å². The minimum Gasteiger partial charge on any atom is -0.495 e. The van der Waals surface area contributed by atoms with Crippen molar-refractivity contribution >= 4 is 5.69 Å². The Labute approximate surface area is 161 Å². The van der Waals surface area contributed by atoms with Crippen molar-refractivity contribution in [3.05, 3.63) is 78.6 Å². The highest BCUT2D eigenvalue weighted by molar-refractivity contribution is 5.63. The fraction of sp³-hybridized carbons (Fsp3) is 0.261. The van der Waals surface area contributed by atoms with Crippen LogP contribution in [0.25, 0.3) is 11.1 Å². The lowest BCUT2D eigenvalue weighted by molar-refractivity contribution is 0.246. The van der Waals surface area contributed by atoms with Gasteiger partial charge in [-0.15, -0.1) is 0 Å². The smallest absolute Gasteiger partial charge is 0.142 e. The van der Waals surface area contributed by atoms with Gasteiger partial charge in [0.25, 0.3) is 0 Å². The molecular weight excluding hydrogens is 334 g/mol.